The van der Waals surface area contributed by atoms with Crippen LogP contribution in [-0.4, -0.2) is 32.2 Å². The number of nitrogen functional groups attached to an aromatic ring is 1. The SMILES string of the molecule is C#N.CN(C(=O)c1cc2c(cc1F)nc(N)c1cncn12)C1CCc2cc(C3CC3)ccc21. The van der Waals surface area contributed by atoms with Crippen molar-refractivity contribution in [2.75, 3.05) is 12.8 Å². The third-order valence-corrected chi connectivity index (χ3v) is 6.75. The van der Waals surface area contributed by atoms with Gasteiger partial charge in [0.1, 0.15) is 17.2 Å². The average molecular weight is 442 g/mol. The van der Waals surface area contributed by atoms with E-state index in [1.54, 1.807) is 34.9 Å². The van der Waals surface area contributed by atoms with Gasteiger partial charge in [-0.05, 0) is 54.4 Å². The van der Waals surface area contributed by atoms with Crippen LogP contribution in [-0.2, 0) is 6.42 Å². The maximum atomic E-state index is 15.0. The summed E-state index contributed by atoms with van der Waals surface area (Å²) in [6.07, 6.45) is 7.53. The average Bonchev–Trinajstić information content (AvgIpc) is 3.40. The molecule has 2 N–H and O–H groups in total. The number of halogens is 1. The first kappa shape index (κ1) is 20.9. The van der Waals surface area contributed by atoms with Gasteiger partial charge in [0.25, 0.3) is 5.91 Å². The van der Waals surface area contributed by atoms with Gasteiger partial charge < -0.3 is 10.6 Å². The molecule has 2 heterocycles. The molecule has 1 atom stereocenters. The van der Waals surface area contributed by atoms with E-state index in [1.165, 1.54) is 35.6 Å². The summed E-state index contributed by atoms with van der Waals surface area (Å²) in [5.74, 6) is 0.0402. The number of carbonyl (C=O) groups excluding carboxylic acids is 1. The Kier molecular flexibility index (Phi) is 4.97. The number of carbonyl (C=O) groups is 1. The Morgan fingerprint density at radius 1 is 1.21 bits per heavy atom. The zero-order valence-corrected chi connectivity index (χ0v) is 18.2. The molecule has 1 saturated carbocycles. The minimum absolute atomic E-state index is 0.0274. The predicted molar refractivity (Wildman–Crippen MR) is 123 cm³/mol. The molecule has 2 aromatic carbocycles. The van der Waals surface area contributed by atoms with E-state index in [9.17, 15) is 9.18 Å². The molecular formula is C25H23FN6O. The Bertz CT molecular complexity index is 1420. The van der Waals surface area contributed by atoms with Crippen molar-refractivity contribution in [3.05, 3.63) is 70.9 Å². The zero-order chi connectivity index (χ0) is 23.3. The third-order valence-electron chi connectivity index (χ3n) is 6.75. The molecule has 2 aliphatic carbocycles. The molecule has 2 aliphatic rings. The molecule has 4 aromatic rings. The Morgan fingerprint density at radius 3 is 2.76 bits per heavy atom. The van der Waals surface area contributed by atoms with Crippen molar-refractivity contribution in [1.29, 1.82) is 5.26 Å². The first-order chi connectivity index (χ1) is 16.0. The molecule has 0 bridgehead atoms. The molecule has 0 saturated heterocycles. The first-order valence-corrected chi connectivity index (χ1v) is 10.9. The molecule has 0 spiro atoms. The fourth-order valence-corrected chi connectivity index (χ4v) is 4.88. The lowest BCUT2D eigenvalue weighted by Gasteiger charge is -2.26. The quantitative estimate of drug-likeness (QED) is 0.507. The van der Waals surface area contributed by atoms with Crippen molar-refractivity contribution in [2.45, 2.75) is 37.6 Å². The highest BCUT2D eigenvalue weighted by Crippen LogP contribution is 2.43. The maximum Gasteiger partial charge on any atom is 0.257 e. The molecule has 8 heteroatoms. The molecule has 33 heavy (non-hydrogen) atoms. The maximum absolute atomic E-state index is 15.0. The van der Waals surface area contributed by atoms with Crippen molar-refractivity contribution in [3.8, 4) is 6.57 Å². The summed E-state index contributed by atoms with van der Waals surface area (Å²) < 4.78 is 16.7. The van der Waals surface area contributed by atoms with Crippen LogP contribution in [0.5, 0.6) is 0 Å². The van der Waals surface area contributed by atoms with Gasteiger partial charge in [-0.3, -0.25) is 9.20 Å². The van der Waals surface area contributed by atoms with Gasteiger partial charge in [-0.15, -0.1) is 0 Å². The number of fused-ring (bicyclic) bond motifs is 4. The summed E-state index contributed by atoms with van der Waals surface area (Å²) >= 11 is 0. The zero-order valence-electron chi connectivity index (χ0n) is 18.2. The molecule has 1 unspecified atom stereocenters. The van der Waals surface area contributed by atoms with Crippen molar-refractivity contribution in [1.82, 2.24) is 19.3 Å². The summed E-state index contributed by atoms with van der Waals surface area (Å²) in [7, 11) is 1.76. The van der Waals surface area contributed by atoms with Crippen molar-refractivity contribution in [3.63, 3.8) is 0 Å². The number of anilines is 1. The van der Waals surface area contributed by atoms with Crippen LogP contribution in [0.1, 0.15) is 58.3 Å². The second-order valence-electron chi connectivity index (χ2n) is 8.67. The fraction of sp³-hybridized carbons (Fsp3) is 0.280. The van der Waals surface area contributed by atoms with E-state index in [2.05, 4.69) is 34.7 Å². The minimum Gasteiger partial charge on any atom is -0.382 e. The number of rotatable bonds is 3. The normalized spacial score (nSPS) is 16.9. The minimum atomic E-state index is -0.599. The molecule has 2 aromatic heterocycles. The number of nitrogens with zero attached hydrogens (tertiary/aromatic N) is 5. The third kappa shape index (κ3) is 3.37. The molecular weight excluding hydrogens is 419 g/mol. The Balaban J connectivity index is 0.00000111. The van der Waals surface area contributed by atoms with Crippen LogP contribution in [0.15, 0.2) is 42.9 Å². The number of hydrogen-bond acceptors (Lipinski definition) is 5. The van der Waals surface area contributed by atoms with E-state index in [0.29, 0.717) is 22.5 Å². The monoisotopic (exact) mass is 442 g/mol. The number of hydrogen-bond donors (Lipinski definition) is 1. The van der Waals surface area contributed by atoms with Crippen molar-refractivity contribution < 1.29 is 9.18 Å². The number of amides is 1. The smallest absolute Gasteiger partial charge is 0.257 e. The number of nitriles is 1. The lowest BCUT2D eigenvalue weighted by molar-refractivity contribution is 0.0726. The number of benzene rings is 2. The number of aryl methyl sites for hydroxylation is 1. The topological polar surface area (TPSA) is 100 Å². The summed E-state index contributed by atoms with van der Waals surface area (Å²) in [5, 5.41) is 6.50. The second-order valence-corrected chi connectivity index (χ2v) is 8.67. The number of aromatic nitrogens is 3. The summed E-state index contributed by atoms with van der Waals surface area (Å²) in [6, 6.07) is 9.42. The van der Waals surface area contributed by atoms with Gasteiger partial charge in [0, 0.05) is 19.7 Å². The first-order valence-electron chi connectivity index (χ1n) is 10.9. The van der Waals surface area contributed by atoms with Gasteiger partial charge in [-0.2, -0.15) is 0 Å². The van der Waals surface area contributed by atoms with E-state index in [0.717, 1.165) is 12.8 Å². The predicted octanol–water partition coefficient (Wildman–Crippen LogP) is 4.38. The second kappa shape index (κ2) is 7.85. The highest BCUT2D eigenvalue weighted by Gasteiger charge is 2.32. The van der Waals surface area contributed by atoms with Crippen LogP contribution in [0.4, 0.5) is 10.2 Å². The molecule has 0 radical (unpaired) electrons. The largest absolute Gasteiger partial charge is 0.382 e. The highest BCUT2D eigenvalue weighted by molar-refractivity contribution is 5.98. The van der Waals surface area contributed by atoms with E-state index in [4.69, 9.17) is 11.0 Å². The fourth-order valence-electron chi connectivity index (χ4n) is 4.88. The molecule has 7 nitrogen and oxygen atoms in total. The van der Waals surface area contributed by atoms with Crippen LogP contribution in [0, 0.1) is 17.7 Å². The van der Waals surface area contributed by atoms with Gasteiger partial charge in [0.2, 0.25) is 0 Å². The number of imidazole rings is 1. The lowest BCUT2D eigenvalue weighted by atomic mass is 10.0. The summed E-state index contributed by atoms with van der Waals surface area (Å²) in [6.45, 7) is 3.50. The molecule has 166 valence electrons. The van der Waals surface area contributed by atoms with Gasteiger partial charge in [-0.25, -0.2) is 19.6 Å². The highest BCUT2D eigenvalue weighted by atomic mass is 19.1. The summed E-state index contributed by atoms with van der Waals surface area (Å²) in [4.78, 5) is 23.4. The molecule has 1 fully saturated rings. The number of nitrogens with two attached hydrogens (primary N) is 1. The Hall–Kier alpha value is -3.99. The van der Waals surface area contributed by atoms with Crippen LogP contribution in [0.2, 0.25) is 0 Å². The van der Waals surface area contributed by atoms with Crippen LogP contribution < -0.4 is 5.73 Å². The standard InChI is InChI=1S/C24H22FN5O.CHN/c1-29(20-7-5-15-8-14(13-2-3-13)4-6-16(15)20)24(31)17-9-21-19(10-18(17)25)28-23(26)22-11-27-12-30(21)22;1-2/h4,6,8-13,20H,2-3,5,7H2,1H3,(H2,26,28);1H. The van der Waals surface area contributed by atoms with Gasteiger partial charge in [0.05, 0.1) is 35.2 Å². The Morgan fingerprint density at radius 2 is 2.00 bits per heavy atom. The van der Waals surface area contributed by atoms with Gasteiger partial charge >= 0.3 is 0 Å². The Labute approximate surface area is 190 Å². The van der Waals surface area contributed by atoms with Crippen molar-refractivity contribution >= 4 is 28.3 Å². The van der Waals surface area contributed by atoms with Crippen LogP contribution >= 0.6 is 0 Å². The van der Waals surface area contributed by atoms with Gasteiger partial charge in [-0.1, -0.05) is 18.2 Å². The lowest BCUT2D eigenvalue weighted by Crippen LogP contribution is -2.30. The van der Waals surface area contributed by atoms with E-state index >= 15 is 0 Å². The molecule has 0 aliphatic heterocycles. The molecule has 1 amide bonds. The van der Waals surface area contributed by atoms with Crippen LogP contribution in [0.3, 0.4) is 0 Å². The van der Waals surface area contributed by atoms with E-state index in [-0.39, 0.29) is 23.3 Å². The summed E-state index contributed by atoms with van der Waals surface area (Å²) in [5.41, 5.74) is 11.5. The van der Waals surface area contributed by atoms with Gasteiger partial charge in [0.15, 0.2) is 0 Å². The molecule has 6 rings (SSSR count). The van der Waals surface area contributed by atoms with E-state index < -0.39 is 5.82 Å². The van der Waals surface area contributed by atoms with Crippen LogP contribution in [0.25, 0.3) is 16.6 Å². The van der Waals surface area contributed by atoms with E-state index in [1.807, 2.05) is 0 Å². The van der Waals surface area contributed by atoms with Crippen molar-refractivity contribution in [2.24, 2.45) is 0 Å².